The van der Waals surface area contributed by atoms with Gasteiger partial charge in [0.1, 0.15) is 11.8 Å². The topological polar surface area (TPSA) is 42.7 Å². The van der Waals surface area contributed by atoms with Gasteiger partial charge in [0.25, 0.3) is 0 Å². The molecule has 0 spiro atoms. The second-order valence-electron chi connectivity index (χ2n) is 4.66. The maximum Gasteiger partial charge on any atom is 0.323 e. The third-order valence-electron chi connectivity index (χ3n) is 3.28. The van der Waals surface area contributed by atoms with Crippen molar-refractivity contribution >= 4 is 5.97 Å². The van der Waals surface area contributed by atoms with Crippen molar-refractivity contribution in [1.82, 2.24) is 4.90 Å². The SMILES string of the molecule is CCOC(=O)C(CC)N(Cc1ccco1)C1CC1. The molecule has 1 atom stereocenters. The summed E-state index contributed by atoms with van der Waals surface area (Å²) in [5.41, 5.74) is 0. The molecule has 1 saturated carbocycles. The summed E-state index contributed by atoms with van der Waals surface area (Å²) in [7, 11) is 0. The quantitative estimate of drug-likeness (QED) is 0.699. The highest BCUT2D eigenvalue weighted by Crippen LogP contribution is 2.31. The number of furan rings is 1. The molecule has 1 aromatic heterocycles. The molecule has 0 aliphatic heterocycles. The number of ether oxygens (including phenoxy) is 1. The molecule has 0 N–H and O–H groups in total. The normalized spacial score (nSPS) is 16.8. The third kappa shape index (κ3) is 3.13. The van der Waals surface area contributed by atoms with Crippen molar-refractivity contribution in [3.05, 3.63) is 24.2 Å². The molecule has 0 radical (unpaired) electrons. The fourth-order valence-electron chi connectivity index (χ4n) is 2.26. The highest BCUT2D eigenvalue weighted by atomic mass is 16.5. The molecule has 0 aromatic carbocycles. The minimum Gasteiger partial charge on any atom is -0.468 e. The van der Waals surface area contributed by atoms with E-state index in [9.17, 15) is 4.79 Å². The van der Waals surface area contributed by atoms with Crippen LogP contribution in [0.3, 0.4) is 0 Å². The lowest BCUT2D eigenvalue weighted by atomic mass is 10.1. The van der Waals surface area contributed by atoms with Gasteiger partial charge in [0.2, 0.25) is 0 Å². The Balaban J connectivity index is 2.05. The molecule has 100 valence electrons. The van der Waals surface area contributed by atoms with Crippen LogP contribution in [-0.2, 0) is 16.1 Å². The summed E-state index contributed by atoms with van der Waals surface area (Å²) in [6.07, 6.45) is 4.77. The minimum atomic E-state index is -0.150. The Morgan fingerprint density at radius 3 is 2.83 bits per heavy atom. The first kappa shape index (κ1) is 13.1. The van der Waals surface area contributed by atoms with E-state index in [0.717, 1.165) is 25.0 Å². The van der Waals surface area contributed by atoms with E-state index in [1.807, 2.05) is 26.0 Å². The molecule has 0 bridgehead atoms. The molecule has 0 saturated heterocycles. The third-order valence-corrected chi connectivity index (χ3v) is 3.28. The largest absolute Gasteiger partial charge is 0.468 e. The number of esters is 1. The van der Waals surface area contributed by atoms with Crippen molar-refractivity contribution in [3.63, 3.8) is 0 Å². The zero-order chi connectivity index (χ0) is 13.0. The summed E-state index contributed by atoms with van der Waals surface area (Å²) in [5.74, 6) is 0.795. The van der Waals surface area contributed by atoms with E-state index >= 15 is 0 Å². The van der Waals surface area contributed by atoms with Gasteiger partial charge in [0, 0.05) is 6.04 Å². The molecule has 1 aliphatic rings. The van der Waals surface area contributed by atoms with Crippen molar-refractivity contribution in [1.29, 1.82) is 0 Å². The van der Waals surface area contributed by atoms with Crippen molar-refractivity contribution in [3.8, 4) is 0 Å². The minimum absolute atomic E-state index is 0.113. The summed E-state index contributed by atoms with van der Waals surface area (Å²) in [6.45, 7) is 5.00. The van der Waals surface area contributed by atoms with Crippen LogP contribution in [0.1, 0.15) is 38.9 Å². The van der Waals surface area contributed by atoms with Crippen LogP contribution in [0.25, 0.3) is 0 Å². The Kier molecular flexibility index (Phi) is 4.42. The van der Waals surface area contributed by atoms with Gasteiger partial charge in [-0.25, -0.2) is 0 Å². The molecule has 1 unspecified atom stereocenters. The lowest BCUT2D eigenvalue weighted by Gasteiger charge is -2.28. The predicted molar refractivity (Wildman–Crippen MR) is 68.0 cm³/mol. The first-order valence-corrected chi connectivity index (χ1v) is 6.71. The number of rotatable bonds is 7. The Morgan fingerprint density at radius 2 is 2.33 bits per heavy atom. The Bertz CT molecular complexity index is 370. The zero-order valence-corrected chi connectivity index (χ0v) is 11.1. The van der Waals surface area contributed by atoms with Crippen LogP contribution in [0, 0.1) is 0 Å². The second kappa shape index (κ2) is 6.05. The van der Waals surface area contributed by atoms with Gasteiger partial charge in [0.15, 0.2) is 0 Å². The first-order valence-electron chi connectivity index (χ1n) is 6.71. The lowest BCUT2D eigenvalue weighted by molar-refractivity contribution is -0.150. The van der Waals surface area contributed by atoms with Crippen LogP contribution in [0.5, 0.6) is 0 Å². The number of carbonyl (C=O) groups excluding carboxylic acids is 1. The molecule has 4 nitrogen and oxygen atoms in total. The van der Waals surface area contributed by atoms with Gasteiger partial charge in [-0.1, -0.05) is 6.92 Å². The van der Waals surface area contributed by atoms with Crippen LogP contribution in [-0.4, -0.2) is 29.6 Å². The fraction of sp³-hybridized carbons (Fsp3) is 0.643. The zero-order valence-electron chi connectivity index (χ0n) is 11.1. The fourth-order valence-corrected chi connectivity index (χ4v) is 2.26. The average Bonchev–Trinajstić information content (AvgIpc) is 3.08. The maximum absolute atomic E-state index is 12.0. The van der Waals surface area contributed by atoms with Crippen LogP contribution in [0.2, 0.25) is 0 Å². The highest BCUT2D eigenvalue weighted by molar-refractivity contribution is 5.75. The monoisotopic (exact) mass is 251 g/mol. The van der Waals surface area contributed by atoms with Gasteiger partial charge in [-0.2, -0.15) is 0 Å². The van der Waals surface area contributed by atoms with Gasteiger partial charge < -0.3 is 9.15 Å². The van der Waals surface area contributed by atoms with Crippen molar-refractivity contribution in [2.24, 2.45) is 0 Å². The Morgan fingerprint density at radius 1 is 1.56 bits per heavy atom. The standard InChI is InChI=1S/C14H21NO3/c1-3-13(14(16)17-4-2)15(11-7-8-11)10-12-6-5-9-18-12/h5-6,9,11,13H,3-4,7-8,10H2,1-2H3. The van der Waals surface area contributed by atoms with Crippen LogP contribution >= 0.6 is 0 Å². The molecule has 1 heterocycles. The van der Waals surface area contributed by atoms with Gasteiger partial charge in [0.05, 0.1) is 19.4 Å². The summed E-state index contributed by atoms with van der Waals surface area (Å²) in [5, 5.41) is 0. The summed E-state index contributed by atoms with van der Waals surface area (Å²) in [4.78, 5) is 14.2. The summed E-state index contributed by atoms with van der Waals surface area (Å²) >= 11 is 0. The van der Waals surface area contributed by atoms with Gasteiger partial charge in [-0.15, -0.1) is 0 Å². The molecule has 4 heteroatoms. The van der Waals surface area contributed by atoms with E-state index in [4.69, 9.17) is 9.15 Å². The average molecular weight is 251 g/mol. The van der Waals surface area contributed by atoms with Crippen LogP contribution in [0.15, 0.2) is 22.8 Å². The van der Waals surface area contributed by atoms with Gasteiger partial charge in [-0.3, -0.25) is 9.69 Å². The second-order valence-corrected chi connectivity index (χ2v) is 4.66. The lowest BCUT2D eigenvalue weighted by Crippen LogP contribution is -2.42. The van der Waals surface area contributed by atoms with E-state index < -0.39 is 0 Å². The molecular formula is C14H21NO3. The van der Waals surface area contributed by atoms with E-state index in [1.54, 1.807) is 6.26 Å². The van der Waals surface area contributed by atoms with Crippen LogP contribution < -0.4 is 0 Å². The number of hydrogen-bond donors (Lipinski definition) is 0. The number of carbonyl (C=O) groups is 1. The molecule has 18 heavy (non-hydrogen) atoms. The predicted octanol–water partition coefficient (Wildman–Crippen LogP) is 2.59. The smallest absolute Gasteiger partial charge is 0.323 e. The molecule has 1 aliphatic carbocycles. The maximum atomic E-state index is 12.0. The highest BCUT2D eigenvalue weighted by Gasteiger charge is 2.37. The molecule has 2 rings (SSSR count). The van der Waals surface area contributed by atoms with Gasteiger partial charge >= 0.3 is 5.97 Å². The molecule has 1 aromatic rings. The Hall–Kier alpha value is -1.29. The van der Waals surface area contributed by atoms with E-state index in [2.05, 4.69) is 4.90 Å². The van der Waals surface area contributed by atoms with E-state index in [-0.39, 0.29) is 12.0 Å². The molecule has 0 amide bonds. The van der Waals surface area contributed by atoms with E-state index in [1.165, 1.54) is 0 Å². The van der Waals surface area contributed by atoms with Crippen LogP contribution in [0.4, 0.5) is 0 Å². The molecular weight excluding hydrogens is 230 g/mol. The Labute approximate surface area is 108 Å². The number of nitrogens with zero attached hydrogens (tertiary/aromatic N) is 1. The summed E-state index contributed by atoms with van der Waals surface area (Å²) < 4.78 is 10.5. The molecule has 1 fully saturated rings. The van der Waals surface area contributed by atoms with Crippen molar-refractivity contribution < 1.29 is 13.9 Å². The van der Waals surface area contributed by atoms with E-state index in [0.29, 0.717) is 19.2 Å². The first-order chi connectivity index (χ1) is 8.76. The summed E-state index contributed by atoms with van der Waals surface area (Å²) in [6, 6.07) is 4.19. The van der Waals surface area contributed by atoms with Crippen molar-refractivity contribution in [2.75, 3.05) is 6.61 Å². The number of hydrogen-bond acceptors (Lipinski definition) is 4. The van der Waals surface area contributed by atoms with Gasteiger partial charge in [-0.05, 0) is 38.3 Å². The van der Waals surface area contributed by atoms with Crippen molar-refractivity contribution in [2.45, 2.75) is 51.7 Å².